The minimum atomic E-state index is -0.604. The highest BCUT2D eigenvalue weighted by atomic mass is 16.5. The Morgan fingerprint density at radius 3 is 2.72 bits per heavy atom. The molecule has 0 bridgehead atoms. The van der Waals surface area contributed by atoms with Crippen molar-refractivity contribution in [3.63, 3.8) is 0 Å². The van der Waals surface area contributed by atoms with Gasteiger partial charge in [0.1, 0.15) is 6.54 Å². The van der Waals surface area contributed by atoms with Crippen LogP contribution in [0.2, 0.25) is 0 Å². The van der Waals surface area contributed by atoms with Gasteiger partial charge in [-0.1, -0.05) is 18.2 Å². The van der Waals surface area contributed by atoms with Gasteiger partial charge in [-0.3, -0.25) is 4.79 Å². The largest absolute Gasteiger partial charge is 0.437 e. The Bertz CT molecular complexity index is 788. The Morgan fingerprint density at radius 1 is 1.24 bits per heavy atom. The Hall–Kier alpha value is -2.41. The quantitative estimate of drug-likeness (QED) is 0.795. The van der Waals surface area contributed by atoms with Gasteiger partial charge < -0.3 is 14.1 Å². The molecule has 0 spiro atoms. The van der Waals surface area contributed by atoms with Crippen LogP contribution in [0, 0.1) is 5.92 Å². The molecule has 1 aliphatic heterocycles. The van der Waals surface area contributed by atoms with E-state index < -0.39 is 5.76 Å². The Morgan fingerprint density at radius 2 is 2.04 bits per heavy atom. The Kier molecular flexibility index (Phi) is 4.40. The second-order valence-corrected chi connectivity index (χ2v) is 6.70. The lowest BCUT2D eigenvalue weighted by molar-refractivity contribution is -0.133. The number of hydrogen-bond donors (Lipinski definition) is 0. The molecule has 4 rings (SSSR count). The number of carbonyl (C=O) groups excluding carboxylic acids is 1. The van der Waals surface area contributed by atoms with E-state index in [0.717, 1.165) is 30.6 Å². The highest BCUT2D eigenvalue weighted by Gasteiger charge is 2.35. The van der Waals surface area contributed by atoms with E-state index >= 15 is 0 Å². The van der Waals surface area contributed by atoms with Crippen molar-refractivity contribution in [1.29, 1.82) is 0 Å². The first-order valence-electron chi connectivity index (χ1n) is 8.71. The number of ether oxygens (including phenoxy) is 1. The van der Waals surface area contributed by atoms with Gasteiger partial charge in [-0.25, -0.2) is 4.79 Å². The zero-order valence-electron chi connectivity index (χ0n) is 14.0. The minimum Gasteiger partial charge on any atom is -0.388 e. The van der Waals surface area contributed by atoms with E-state index in [1.165, 1.54) is 0 Å². The van der Waals surface area contributed by atoms with Gasteiger partial charge in [0, 0.05) is 30.7 Å². The van der Waals surface area contributed by atoms with Crippen LogP contribution in [0.3, 0.4) is 0 Å². The van der Waals surface area contributed by atoms with E-state index in [0.29, 0.717) is 30.7 Å². The van der Waals surface area contributed by atoms with Crippen LogP contribution in [0.5, 0.6) is 0 Å². The SMILES string of the molecule is O=C(Cn1nc(-c2ccccc2)oc1=O)N(CC1CCOC1)C1CC1. The molecule has 2 heterocycles. The summed E-state index contributed by atoms with van der Waals surface area (Å²) in [5, 5.41) is 4.18. The van der Waals surface area contributed by atoms with Crippen molar-refractivity contribution in [1.82, 2.24) is 14.7 Å². The van der Waals surface area contributed by atoms with Crippen molar-refractivity contribution >= 4 is 5.91 Å². The Balaban J connectivity index is 1.47. The van der Waals surface area contributed by atoms with Gasteiger partial charge in [-0.05, 0) is 31.4 Å². The van der Waals surface area contributed by atoms with Crippen LogP contribution in [0.25, 0.3) is 11.5 Å². The first kappa shape index (κ1) is 16.1. The predicted octanol–water partition coefficient (Wildman–Crippen LogP) is 1.53. The third-order valence-corrected chi connectivity index (χ3v) is 4.70. The molecule has 0 radical (unpaired) electrons. The second-order valence-electron chi connectivity index (χ2n) is 6.70. The van der Waals surface area contributed by atoms with Crippen LogP contribution >= 0.6 is 0 Å². The van der Waals surface area contributed by atoms with Gasteiger partial charge in [0.15, 0.2) is 0 Å². The summed E-state index contributed by atoms with van der Waals surface area (Å²) >= 11 is 0. The molecule has 1 aromatic heterocycles. The van der Waals surface area contributed by atoms with Crippen LogP contribution in [0.1, 0.15) is 19.3 Å². The molecule has 1 amide bonds. The number of nitrogens with zero attached hydrogens (tertiary/aromatic N) is 3. The van der Waals surface area contributed by atoms with Crippen LogP contribution in [0.15, 0.2) is 39.5 Å². The standard InChI is InChI=1S/C18H21N3O4/c22-16(20(15-6-7-15)10-13-8-9-24-12-13)11-21-18(23)25-17(19-21)14-4-2-1-3-5-14/h1-5,13,15H,6-12H2. The summed E-state index contributed by atoms with van der Waals surface area (Å²) < 4.78 is 11.7. The molecule has 7 nitrogen and oxygen atoms in total. The fraction of sp³-hybridized carbons (Fsp3) is 0.500. The molecule has 1 unspecified atom stereocenters. The number of hydrogen-bond acceptors (Lipinski definition) is 5. The topological polar surface area (TPSA) is 77.6 Å². The van der Waals surface area contributed by atoms with Crippen LogP contribution in [-0.4, -0.2) is 46.4 Å². The van der Waals surface area contributed by atoms with Gasteiger partial charge in [0.2, 0.25) is 11.8 Å². The van der Waals surface area contributed by atoms with E-state index in [2.05, 4.69) is 5.10 Å². The predicted molar refractivity (Wildman–Crippen MR) is 89.9 cm³/mol. The van der Waals surface area contributed by atoms with Crippen LogP contribution in [0.4, 0.5) is 0 Å². The number of aromatic nitrogens is 2. The zero-order valence-corrected chi connectivity index (χ0v) is 14.0. The van der Waals surface area contributed by atoms with E-state index in [1.807, 2.05) is 35.2 Å². The third-order valence-electron chi connectivity index (χ3n) is 4.70. The molecule has 0 N–H and O–H groups in total. The number of amides is 1. The number of carbonyl (C=O) groups is 1. The summed E-state index contributed by atoms with van der Waals surface area (Å²) in [6.07, 6.45) is 3.04. The van der Waals surface area contributed by atoms with E-state index in [-0.39, 0.29) is 18.3 Å². The molecule has 2 aliphatic rings. The van der Waals surface area contributed by atoms with Gasteiger partial charge in [0.25, 0.3) is 0 Å². The summed E-state index contributed by atoms with van der Waals surface area (Å²) in [7, 11) is 0. The van der Waals surface area contributed by atoms with Crippen molar-refractivity contribution < 1.29 is 13.9 Å². The molecule has 2 aromatic rings. The maximum Gasteiger partial charge on any atom is 0.437 e. The molecule has 1 saturated heterocycles. The highest BCUT2D eigenvalue weighted by Crippen LogP contribution is 2.29. The van der Waals surface area contributed by atoms with Gasteiger partial charge >= 0.3 is 5.76 Å². The first-order chi connectivity index (χ1) is 12.2. The molecule has 2 fully saturated rings. The van der Waals surface area contributed by atoms with Gasteiger partial charge in [0.05, 0.1) is 6.61 Å². The lowest BCUT2D eigenvalue weighted by Gasteiger charge is -2.24. The summed E-state index contributed by atoms with van der Waals surface area (Å²) in [6.45, 7) is 2.08. The summed E-state index contributed by atoms with van der Waals surface area (Å²) in [5.41, 5.74) is 0.716. The van der Waals surface area contributed by atoms with E-state index in [9.17, 15) is 9.59 Å². The van der Waals surface area contributed by atoms with Crippen molar-refractivity contribution in [3.05, 3.63) is 40.9 Å². The summed E-state index contributed by atoms with van der Waals surface area (Å²) in [6, 6.07) is 9.49. The summed E-state index contributed by atoms with van der Waals surface area (Å²) in [5.74, 6) is -0.0596. The third kappa shape index (κ3) is 3.66. The fourth-order valence-electron chi connectivity index (χ4n) is 3.17. The van der Waals surface area contributed by atoms with Crippen molar-refractivity contribution in [3.8, 4) is 11.5 Å². The maximum absolute atomic E-state index is 12.7. The molecule has 1 saturated carbocycles. The summed E-state index contributed by atoms with van der Waals surface area (Å²) in [4.78, 5) is 26.7. The second kappa shape index (κ2) is 6.84. The fourth-order valence-corrected chi connectivity index (χ4v) is 3.17. The molecular weight excluding hydrogens is 322 g/mol. The average Bonchev–Trinajstić information content (AvgIpc) is 3.21. The molecule has 132 valence electrons. The number of rotatable bonds is 6. The van der Waals surface area contributed by atoms with Gasteiger partial charge in [-0.15, -0.1) is 5.10 Å². The molecular formula is C18H21N3O4. The lowest BCUT2D eigenvalue weighted by Crippen LogP contribution is -2.40. The van der Waals surface area contributed by atoms with E-state index in [4.69, 9.17) is 9.15 Å². The molecule has 1 aromatic carbocycles. The minimum absolute atomic E-state index is 0.0792. The van der Waals surface area contributed by atoms with Crippen molar-refractivity contribution in [2.75, 3.05) is 19.8 Å². The average molecular weight is 343 g/mol. The zero-order chi connectivity index (χ0) is 17.2. The normalized spacial score (nSPS) is 19.9. The maximum atomic E-state index is 12.7. The van der Waals surface area contributed by atoms with Gasteiger partial charge in [-0.2, -0.15) is 4.68 Å². The van der Waals surface area contributed by atoms with Crippen molar-refractivity contribution in [2.45, 2.75) is 31.8 Å². The van der Waals surface area contributed by atoms with Crippen LogP contribution in [-0.2, 0) is 16.1 Å². The van der Waals surface area contributed by atoms with Crippen molar-refractivity contribution in [2.24, 2.45) is 5.92 Å². The lowest BCUT2D eigenvalue weighted by atomic mass is 10.1. The Labute approximate surface area is 145 Å². The monoisotopic (exact) mass is 343 g/mol. The van der Waals surface area contributed by atoms with Crippen LogP contribution < -0.4 is 5.76 Å². The molecule has 7 heteroatoms. The molecule has 1 atom stereocenters. The van der Waals surface area contributed by atoms with E-state index in [1.54, 1.807) is 0 Å². The first-order valence-corrected chi connectivity index (χ1v) is 8.71. The molecule has 1 aliphatic carbocycles. The smallest absolute Gasteiger partial charge is 0.388 e. The number of benzene rings is 1. The molecule has 25 heavy (non-hydrogen) atoms. The highest BCUT2D eigenvalue weighted by molar-refractivity contribution is 5.76.